The van der Waals surface area contributed by atoms with Crippen LogP contribution in [0.15, 0.2) is 29.6 Å². The first-order valence-corrected chi connectivity index (χ1v) is 8.76. The van der Waals surface area contributed by atoms with Crippen LogP contribution in [0.25, 0.3) is 10.6 Å². The predicted molar refractivity (Wildman–Crippen MR) is 92.1 cm³/mol. The number of amides is 1. The van der Waals surface area contributed by atoms with Crippen LogP contribution in [0.5, 0.6) is 0 Å². The van der Waals surface area contributed by atoms with E-state index in [0.29, 0.717) is 30.2 Å². The molecule has 1 aromatic heterocycles. The Morgan fingerprint density at radius 3 is 2.48 bits per heavy atom. The van der Waals surface area contributed by atoms with Crippen molar-refractivity contribution in [2.45, 2.75) is 26.6 Å². The van der Waals surface area contributed by atoms with Crippen molar-refractivity contribution < 1.29 is 18.0 Å². The normalized spacial score (nSPS) is 11.8. The van der Waals surface area contributed by atoms with Crippen molar-refractivity contribution >= 4 is 17.2 Å². The smallest absolute Gasteiger partial charge is 0.355 e. The first-order valence-electron chi connectivity index (χ1n) is 7.88. The van der Waals surface area contributed by atoms with E-state index in [0.717, 1.165) is 17.8 Å². The molecule has 25 heavy (non-hydrogen) atoms. The Morgan fingerprint density at radius 2 is 1.88 bits per heavy atom. The summed E-state index contributed by atoms with van der Waals surface area (Å²) in [4.78, 5) is 15.8. The van der Waals surface area contributed by atoms with Crippen LogP contribution < -0.4 is 10.6 Å². The number of nitrogens with one attached hydrogen (secondary N) is 2. The largest absolute Gasteiger partial charge is 0.416 e. The van der Waals surface area contributed by atoms with Crippen LogP contribution in [0.4, 0.5) is 13.2 Å². The zero-order chi connectivity index (χ0) is 18.4. The monoisotopic (exact) mass is 371 g/mol. The summed E-state index contributed by atoms with van der Waals surface area (Å²) < 4.78 is 37.7. The van der Waals surface area contributed by atoms with Gasteiger partial charge in [-0.2, -0.15) is 13.2 Å². The number of carbonyl (C=O) groups is 1. The fourth-order valence-corrected chi connectivity index (χ4v) is 2.84. The second-order valence-corrected chi connectivity index (χ2v) is 6.70. The summed E-state index contributed by atoms with van der Waals surface area (Å²) >= 11 is 1.39. The average Bonchev–Trinajstić information content (AvgIpc) is 3.02. The molecule has 0 aliphatic rings. The molecule has 0 spiro atoms. The van der Waals surface area contributed by atoms with Gasteiger partial charge in [0, 0.05) is 36.5 Å². The van der Waals surface area contributed by atoms with Gasteiger partial charge in [-0.05, 0) is 12.1 Å². The molecule has 8 heteroatoms. The number of hydrogen-bond acceptors (Lipinski definition) is 4. The van der Waals surface area contributed by atoms with Crippen molar-refractivity contribution in [2.24, 2.45) is 5.92 Å². The van der Waals surface area contributed by atoms with Gasteiger partial charge in [-0.15, -0.1) is 11.3 Å². The fourth-order valence-electron chi connectivity index (χ4n) is 2.02. The molecule has 0 aliphatic heterocycles. The van der Waals surface area contributed by atoms with Crippen LogP contribution >= 0.6 is 11.3 Å². The molecule has 1 heterocycles. The van der Waals surface area contributed by atoms with E-state index < -0.39 is 11.7 Å². The molecule has 1 aromatic carbocycles. The third kappa shape index (κ3) is 5.82. The Kier molecular flexibility index (Phi) is 6.55. The molecule has 1 amide bonds. The lowest BCUT2D eigenvalue weighted by atomic mass is 10.1. The summed E-state index contributed by atoms with van der Waals surface area (Å²) in [7, 11) is 0. The van der Waals surface area contributed by atoms with Crippen LogP contribution in [-0.4, -0.2) is 24.0 Å². The van der Waals surface area contributed by atoms with Crippen molar-refractivity contribution in [3.8, 4) is 10.6 Å². The maximum Gasteiger partial charge on any atom is 0.416 e. The number of benzene rings is 1. The summed E-state index contributed by atoms with van der Waals surface area (Å²) in [6.07, 6.45) is -4.33. The minimum atomic E-state index is -4.33. The Hall–Kier alpha value is -1.93. The molecule has 0 atom stereocenters. The standard InChI is InChI=1S/C17H20F3N3OS/c1-11(2)15(24)22-8-7-21-9-14-10-25-16(23-14)12-3-5-13(6-4-12)17(18,19)20/h3-6,10-11,21H,7-9H2,1-2H3,(H,22,24). The maximum absolute atomic E-state index is 12.6. The summed E-state index contributed by atoms with van der Waals surface area (Å²) in [5, 5.41) is 8.52. The lowest BCUT2D eigenvalue weighted by Gasteiger charge is -2.07. The summed E-state index contributed by atoms with van der Waals surface area (Å²) in [6.45, 7) is 5.36. The van der Waals surface area contributed by atoms with Crippen LogP contribution in [0.3, 0.4) is 0 Å². The first kappa shape index (κ1) is 19.4. The number of carbonyl (C=O) groups excluding carboxylic acids is 1. The van der Waals surface area contributed by atoms with E-state index in [1.165, 1.54) is 23.5 Å². The van der Waals surface area contributed by atoms with Crippen LogP contribution in [0.1, 0.15) is 25.1 Å². The highest BCUT2D eigenvalue weighted by molar-refractivity contribution is 7.13. The highest BCUT2D eigenvalue weighted by atomic mass is 32.1. The molecule has 0 unspecified atom stereocenters. The van der Waals surface area contributed by atoms with Crippen LogP contribution in [0, 0.1) is 5.92 Å². The Balaban J connectivity index is 1.83. The highest BCUT2D eigenvalue weighted by Gasteiger charge is 2.30. The zero-order valence-electron chi connectivity index (χ0n) is 14.0. The van der Waals surface area contributed by atoms with Gasteiger partial charge in [-0.1, -0.05) is 26.0 Å². The van der Waals surface area contributed by atoms with E-state index >= 15 is 0 Å². The van der Waals surface area contributed by atoms with E-state index in [2.05, 4.69) is 15.6 Å². The minimum absolute atomic E-state index is 0.0139. The fraction of sp³-hybridized carbons (Fsp3) is 0.412. The summed E-state index contributed by atoms with van der Waals surface area (Å²) in [6, 6.07) is 4.98. The lowest BCUT2D eigenvalue weighted by molar-refractivity contribution is -0.137. The zero-order valence-corrected chi connectivity index (χ0v) is 14.8. The van der Waals surface area contributed by atoms with Crippen LogP contribution in [-0.2, 0) is 17.5 Å². The molecule has 0 radical (unpaired) electrons. The second kappa shape index (κ2) is 8.44. The minimum Gasteiger partial charge on any atom is -0.355 e. The Morgan fingerprint density at radius 1 is 1.20 bits per heavy atom. The molecule has 0 bridgehead atoms. The number of rotatable bonds is 7. The molecule has 0 saturated heterocycles. The van der Waals surface area contributed by atoms with E-state index in [1.807, 2.05) is 19.2 Å². The van der Waals surface area contributed by atoms with Crippen LogP contribution in [0.2, 0.25) is 0 Å². The third-order valence-electron chi connectivity index (χ3n) is 3.44. The van der Waals surface area contributed by atoms with Gasteiger partial charge >= 0.3 is 6.18 Å². The van der Waals surface area contributed by atoms with Gasteiger partial charge in [0.1, 0.15) is 5.01 Å². The van der Waals surface area contributed by atoms with Gasteiger partial charge in [-0.3, -0.25) is 4.79 Å². The van der Waals surface area contributed by atoms with Gasteiger partial charge < -0.3 is 10.6 Å². The average molecular weight is 371 g/mol. The van der Waals surface area contributed by atoms with Gasteiger partial charge in [0.25, 0.3) is 0 Å². The van der Waals surface area contributed by atoms with Crippen molar-refractivity contribution in [1.29, 1.82) is 0 Å². The summed E-state index contributed by atoms with van der Waals surface area (Å²) in [5.41, 5.74) is 0.807. The number of thiazole rings is 1. The molecule has 2 rings (SSSR count). The Bertz CT molecular complexity index is 696. The molecule has 2 aromatic rings. The molecule has 136 valence electrons. The highest BCUT2D eigenvalue weighted by Crippen LogP contribution is 2.31. The maximum atomic E-state index is 12.6. The van der Waals surface area contributed by atoms with Crippen molar-refractivity contribution in [2.75, 3.05) is 13.1 Å². The molecular weight excluding hydrogens is 351 g/mol. The van der Waals surface area contributed by atoms with Gasteiger partial charge in [0.15, 0.2) is 0 Å². The van der Waals surface area contributed by atoms with E-state index in [9.17, 15) is 18.0 Å². The molecule has 2 N–H and O–H groups in total. The first-order chi connectivity index (χ1) is 11.8. The second-order valence-electron chi connectivity index (χ2n) is 5.84. The quantitative estimate of drug-likeness (QED) is 0.730. The van der Waals surface area contributed by atoms with Crippen molar-refractivity contribution in [3.63, 3.8) is 0 Å². The van der Waals surface area contributed by atoms with E-state index in [-0.39, 0.29) is 11.8 Å². The van der Waals surface area contributed by atoms with Crippen molar-refractivity contribution in [3.05, 3.63) is 40.9 Å². The molecule has 0 aliphatic carbocycles. The Labute approximate surface area is 148 Å². The lowest BCUT2D eigenvalue weighted by Crippen LogP contribution is -2.34. The third-order valence-corrected chi connectivity index (χ3v) is 4.38. The number of alkyl halides is 3. The van der Waals surface area contributed by atoms with Gasteiger partial charge in [0.05, 0.1) is 11.3 Å². The topological polar surface area (TPSA) is 54.0 Å². The number of aromatic nitrogens is 1. The van der Waals surface area contributed by atoms with Crippen molar-refractivity contribution in [1.82, 2.24) is 15.6 Å². The molecule has 0 saturated carbocycles. The summed E-state index contributed by atoms with van der Waals surface area (Å²) in [5.74, 6) is -0.0233. The molecular formula is C17H20F3N3OS. The molecule has 0 fully saturated rings. The predicted octanol–water partition coefficient (Wildman–Crippen LogP) is 3.69. The van der Waals surface area contributed by atoms with Gasteiger partial charge in [-0.25, -0.2) is 4.98 Å². The van der Waals surface area contributed by atoms with Gasteiger partial charge in [0.2, 0.25) is 5.91 Å². The number of hydrogen-bond donors (Lipinski definition) is 2. The number of halogens is 3. The van der Waals surface area contributed by atoms with E-state index in [4.69, 9.17) is 0 Å². The number of nitrogens with zero attached hydrogens (tertiary/aromatic N) is 1. The molecule has 4 nitrogen and oxygen atoms in total. The van der Waals surface area contributed by atoms with E-state index in [1.54, 1.807) is 0 Å². The SMILES string of the molecule is CC(C)C(=O)NCCNCc1csc(-c2ccc(C(F)(F)F)cc2)n1.